The van der Waals surface area contributed by atoms with E-state index >= 15 is 0 Å². The summed E-state index contributed by atoms with van der Waals surface area (Å²) in [6, 6.07) is 7.75. The van der Waals surface area contributed by atoms with Gasteiger partial charge in [-0.2, -0.15) is 13.2 Å². The van der Waals surface area contributed by atoms with Gasteiger partial charge in [0, 0.05) is 24.3 Å². The standard InChI is InChI=1S/C23H17F5N2O/c1-2-13-12-30-21(10-18(13)17-8-7-16(24)9-19(17)25)29-20(11-22(30)31)14-3-5-15(6-4-14)23(26,27)28/h3-11,29H,2,12H2,1H3. The molecule has 31 heavy (non-hydrogen) atoms. The number of hydrogen-bond donors (Lipinski definition) is 1. The number of alkyl halides is 3. The van der Waals surface area contributed by atoms with Gasteiger partial charge in [0.15, 0.2) is 0 Å². The van der Waals surface area contributed by atoms with Crippen molar-refractivity contribution in [3.05, 3.63) is 94.3 Å². The van der Waals surface area contributed by atoms with Gasteiger partial charge in [0.2, 0.25) is 0 Å². The molecule has 4 rings (SSSR count). The van der Waals surface area contributed by atoms with Crippen LogP contribution in [-0.2, 0) is 11.0 Å². The van der Waals surface area contributed by atoms with Crippen LogP contribution in [0.25, 0.3) is 11.3 Å². The first-order chi connectivity index (χ1) is 14.7. The highest BCUT2D eigenvalue weighted by Crippen LogP contribution is 2.34. The van der Waals surface area contributed by atoms with Gasteiger partial charge in [-0.15, -0.1) is 0 Å². The summed E-state index contributed by atoms with van der Waals surface area (Å²) in [5, 5.41) is 3.05. The Morgan fingerprint density at radius 1 is 1.03 bits per heavy atom. The lowest BCUT2D eigenvalue weighted by atomic mass is 9.93. The normalized spacial score (nSPS) is 16.6. The topological polar surface area (TPSA) is 32.3 Å². The summed E-state index contributed by atoms with van der Waals surface area (Å²) >= 11 is 0. The molecule has 8 heteroatoms. The van der Waals surface area contributed by atoms with E-state index in [1.807, 2.05) is 6.92 Å². The molecule has 0 atom stereocenters. The molecule has 0 fully saturated rings. The molecule has 0 aromatic heterocycles. The number of rotatable bonds is 3. The molecule has 0 spiro atoms. The van der Waals surface area contributed by atoms with Crippen LogP contribution in [-0.4, -0.2) is 17.4 Å². The van der Waals surface area contributed by atoms with Gasteiger partial charge in [-0.25, -0.2) is 8.78 Å². The van der Waals surface area contributed by atoms with Crippen LogP contribution < -0.4 is 5.32 Å². The van der Waals surface area contributed by atoms with Crippen molar-refractivity contribution in [1.29, 1.82) is 0 Å². The van der Waals surface area contributed by atoms with Gasteiger partial charge in [-0.3, -0.25) is 9.69 Å². The number of carbonyl (C=O) groups excluding carboxylic acids is 1. The molecule has 1 N–H and O–H groups in total. The van der Waals surface area contributed by atoms with Crippen LogP contribution in [0.3, 0.4) is 0 Å². The van der Waals surface area contributed by atoms with Crippen LogP contribution >= 0.6 is 0 Å². The van der Waals surface area contributed by atoms with E-state index in [2.05, 4.69) is 5.32 Å². The average molecular weight is 432 g/mol. The Morgan fingerprint density at radius 2 is 1.74 bits per heavy atom. The van der Waals surface area contributed by atoms with E-state index in [0.717, 1.165) is 29.8 Å². The zero-order valence-electron chi connectivity index (χ0n) is 16.4. The van der Waals surface area contributed by atoms with E-state index in [0.29, 0.717) is 29.1 Å². The number of hydrogen-bond acceptors (Lipinski definition) is 2. The summed E-state index contributed by atoms with van der Waals surface area (Å²) in [6.45, 7) is 2.10. The number of nitrogens with one attached hydrogen (secondary N) is 1. The minimum atomic E-state index is -4.46. The third kappa shape index (κ3) is 3.97. The Hall–Kier alpha value is -3.42. The van der Waals surface area contributed by atoms with Crippen molar-refractivity contribution in [3.8, 4) is 0 Å². The highest BCUT2D eigenvalue weighted by Gasteiger charge is 2.32. The Balaban J connectivity index is 1.70. The smallest absolute Gasteiger partial charge is 0.341 e. The SMILES string of the molecule is CCC1=C(c2ccc(F)cc2F)C=C2NC(c3ccc(C(F)(F)F)cc3)=CC(=O)N2C1. The van der Waals surface area contributed by atoms with Gasteiger partial charge in [-0.05, 0) is 53.5 Å². The molecule has 0 saturated carbocycles. The van der Waals surface area contributed by atoms with Gasteiger partial charge in [0.05, 0.1) is 11.3 Å². The van der Waals surface area contributed by atoms with E-state index in [-0.39, 0.29) is 18.0 Å². The largest absolute Gasteiger partial charge is 0.416 e. The zero-order valence-corrected chi connectivity index (χ0v) is 16.4. The van der Waals surface area contributed by atoms with Crippen molar-refractivity contribution >= 4 is 17.2 Å². The van der Waals surface area contributed by atoms with Crippen molar-refractivity contribution < 1.29 is 26.7 Å². The molecule has 0 unspecified atom stereocenters. The molecular formula is C23H17F5N2O. The molecule has 1 amide bonds. The van der Waals surface area contributed by atoms with Crippen LogP contribution in [0, 0.1) is 11.6 Å². The fourth-order valence-corrected chi connectivity index (χ4v) is 3.63. The van der Waals surface area contributed by atoms with Crippen molar-refractivity contribution in [2.24, 2.45) is 0 Å². The lowest BCUT2D eigenvalue weighted by Crippen LogP contribution is -2.42. The average Bonchev–Trinajstić information content (AvgIpc) is 2.72. The monoisotopic (exact) mass is 432 g/mol. The molecule has 0 aliphatic carbocycles. The molecule has 0 radical (unpaired) electrons. The van der Waals surface area contributed by atoms with Gasteiger partial charge in [0.25, 0.3) is 5.91 Å². The second-order valence-electron chi connectivity index (χ2n) is 7.21. The first kappa shape index (κ1) is 20.8. The molecular weight excluding hydrogens is 415 g/mol. The van der Waals surface area contributed by atoms with Crippen LogP contribution in [0.1, 0.15) is 30.0 Å². The van der Waals surface area contributed by atoms with Crippen LogP contribution in [0.2, 0.25) is 0 Å². The Kier molecular flexibility index (Phi) is 5.16. The summed E-state index contributed by atoms with van der Waals surface area (Å²) < 4.78 is 66.2. The molecule has 2 heterocycles. The lowest BCUT2D eigenvalue weighted by molar-refractivity contribution is -0.137. The van der Waals surface area contributed by atoms with E-state index in [9.17, 15) is 26.7 Å². The van der Waals surface area contributed by atoms with Crippen LogP contribution in [0.5, 0.6) is 0 Å². The summed E-state index contributed by atoms with van der Waals surface area (Å²) in [6.07, 6.45) is -0.986. The molecule has 3 nitrogen and oxygen atoms in total. The molecule has 2 aliphatic heterocycles. The van der Waals surface area contributed by atoms with Crippen molar-refractivity contribution in [1.82, 2.24) is 10.2 Å². The number of nitrogens with zero attached hydrogens (tertiary/aromatic N) is 1. The summed E-state index contributed by atoms with van der Waals surface area (Å²) in [5.41, 5.74) is 1.50. The maximum atomic E-state index is 14.4. The fourth-order valence-electron chi connectivity index (χ4n) is 3.63. The van der Waals surface area contributed by atoms with E-state index in [1.165, 1.54) is 29.2 Å². The van der Waals surface area contributed by atoms with Gasteiger partial charge < -0.3 is 5.32 Å². The number of fused-ring (bicyclic) bond motifs is 1. The third-order valence-corrected chi connectivity index (χ3v) is 5.27. The number of allylic oxidation sites excluding steroid dienone is 2. The van der Waals surface area contributed by atoms with Crippen LogP contribution in [0.4, 0.5) is 22.0 Å². The molecule has 2 aromatic rings. The van der Waals surface area contributed by atoms with E-state index in [4.69, 9.17) is 0 Å². The van der Waals surface area contributed by atoms with Crippen LogP contribution in [0.15, 0.2) is 66.0 Å². The Labute approximate surface area is 175 Å². The summed E-state index contributed by atoms with van der Waals surface area (Å²) in [7, 11) is 0. The Morgan fingerprint density at radius 3 is 2.35 bits per heavy atom. The fraction of sp³-hybridized carbons (Fsp3) is 0.174. The molecule has 0 bridgehead atoms. The zero-order chi connectivity index (χ0) is 22.3. The maximum Gasteiger partial charge on any atom is 0.416 e. The van der Waals surface area contributed by atoms with Gasteiger partial charge in [-0.1, -0.05) is 19.1 Å². The molecule has 0 saturated heterocycles. The Bertz CT molecular complexity index is 1140. The molecule has 2 aliphatic rings. The van der Waals surface area contributed by atoms with Crippen molar-refractivity contribution in [3.63, 3.8) is 0 Å². The second-order valence-corrected chi connectivity index (χ2v) is 7.21. The minimum absolute atomic E-state index is 0.213. The number of carbonyl (C=O) groups is 1. The van der Waals surface area contributed by atoms with E-state index in [1.54, 1.807) is 6.08 Å². The predicted octanol–water partition coefficient (Wildman–Crippen LogP) is 5.48. The summed E-state index contributed by atoms with van der Waals surface area (Å²) in [4.78, 5) is 14.2. The highest BCUT2D eigenvalue weighted by molar-refractivity contribution is 5.99. The van der Waals surface area contributed by atoms with Gasteiger partial charge in [0.1, 0.15) is 17.5 Å². The number of halogens is 5. The first-order valence-corrected chi connectivity index (χ1v) is 9.54. The number of benzene rings is 2. The minimum Gasteiger partial charge on any atom is -0.341 e. The highest BCUT2D eigenvalue weighted by atomic mass is 19.4. The van der Waals surface area contributed by atoms with Crippen molar-refractivity contribution in [2.45, 2.75) is 19.5 Å². The maximum absolute atomic E-state index is 14.4. The quantitative estimate of drug-likeness (QED) is 0.652. The molecule has 160 valence electrons. The predicted molar refractivity (Wildman–Crippen MR) is 106 cm³/mol. The van der Waals surface area contributed by atoms with Crippen molar-refractivity contribution in [2.75, 3.05) is 6.54 Å². The summed E-state index contributed by atoms with van der Waals surface area (Å²) in [5.74, 6) is -1.38. The first-order valence-electron chi connectivity index (χ1n) is 9.54. The third-order valence-electron chi connectivity index (χ3n) is 5.27. The van der Waals surface area contributed by atoms with E-state index < -0.39 is 23.4 Å². The van der Waals surface area contributed by atoms with Gasteiger partial charge >= 0.3 is 6.18 Å². The second kappa shape index (κ2) is 7.68. The molecule has 2 aromatic carbocycles. The number of amides is 1. The lowest BCUT2D eigenvalue weighted by Gasteiger charge is -2.35.